The lowest BCUT2D eigenvalue weighted by Crippen LogP contribution is -2.32. The van der Waals surface area contributed by atoms with Crippen LogP contribution in [0.25, 0.3) is 0 Å². The fourth-order valence-corrected chi connectivity index (χ4v) is 2.63. The minimum Gasteiger partial charge on any atom is -0.308 e. The van der Waals surface area contributed by atoms with E-state index in [2.05, 4.69) is 20.4 Å². The van der Waals surface area contributed by atoms with Gasteiger partial charge in [-0.2, -0.15) is 5.10 Å². The van der Waals surface area contributed by atoms with Crippen molar-refractivity contribution in [2.24, 2.45) is 5.84 Å². The fraction of sp³-hybridized carbons (Fsp3) is 0.455. The Hall–Kier alpha value is -0.990. The smallest absolute Gasteiger partial charge is 0.107 e. The van der Waals surface area contributed by atoms with Crippen LogP contribution in [0.15, 0.2) is 17.1 Å². The largest absolute Gasteiger partial charge is 0.308 e. The highest BCUT2D eigenvalue weighted by Gasteiger charge is 2.22. The van der Waals surface area contributed by atoms with E-state index in [1.54, 1.807) is 11.7 Å². The molecule has 2 rings (SSSR count). The molecule has 19 heavy (non-hydrogen) atoms. The minimum atomic E-state index is -0.247. The molecule has 104 valence electrons. The summed E-state index contributed by atoms with van der Waals surface area (Å²) in [6.45, 7) is 1.62. The lowest BCUT2D eigenvalue weighted by Gasteiger charge is -2.18. The van der Waals surface area contributed by atoms with Crippen molar-refractivity contribution in [3.8, 4) is 0 Å². The molecule has 0 saturated heterocycles. The Labute approximate surface area is 121 Å². The number of hydrogen-bond acceptors (Lipinski definition) is 6. The molecule has 0 aliphatic rings. The highest BCUT2D eigenvalue weighted by atomic mass is 35.5. The summed E-state index contributed by atoms with van der Waals surface area (Å²) in [5.41, 5.74) is 6.23. The molecule has 1 unspecified atom stereocenters. The molecule has 2 aromatic rings. The van der Waals surface area contributed by atoms with Crippen molar-refractivity contribution < 1.29 is 0 Å². The summed E-state index contributed by atoms with van der Waals surface area (Å²) in [6.07, 6.45) is 1.64. The van der Waals surface area contributed by atoms with E-state index in [0.29, 0.717) is 5.02 Å². The number of likely N-dealkylation sites (N-methyl/N-ethyl adjacent to an activating group) is 1. The van der Waals surface area contributed by atoms with Crippen LogP contribution in [0.2, 0.25) is 5.02 Å². The summed E-state index contributed by atoms with van der Waals surface area (Å²) < 4.78 is 1.87. The molecule has 0 aliphatic heterocycles. The summed E-state index contributed by atoms with van der Waals surface area (Å²) in [6, 6.07) is -0.247. The third-order valence-corrected chi connectivity index (χ3v) is 3.68. The van der Waals surface area contributed by atoms with E-state index >= 15 is 0 Å². The maximum absolute atomic E-state index is 6.23. The maximum atomic E-state index is 6.23. The van der Waals surface area contributed by atoms with Crippen LogP contribution in [-0.4, -0.2) is 40.3 Å². The summed E-state index contributed by atoms with van der Waals surface area (Å²) in [5.74, 6) is 5.65. The van der Waals surface area contributed by atoms with Crippen molar-refractivity contribution in [2.45, 2.75) is 12.6 Å². The molecule has 2 aromatic heterocycles. The SMILES string of the molecule is CN(C)CCn1ncc(Cl)c1C(NN)c1cscn1. The van der Waals surface area contributed by atoms with Crippen molar-refractivity contribution >= 4 is 22.9 Å². The molecular weight excluding hydrogens is 284 g/mol. The third kappa shape index (κ3) is 3.31. The third-order valence-electron chi connectivity index (χ3n) is 2.78. The molecule has 0 aromatic carbocycles. The number of halogens is 1. The molecule has 2 heterocycles. The second kappa shape index (κ2) is 6.44. The van der Waals surface area contributed by atoms with Gasteiger partial charge in [-0.15, -0.1) is 11.3 Å². The van der Waals surface area contributed by atoms with Crippen LogP contribution in [0, 0.1) is 0 Å². The van der Waals surface area contributed by atoms with Gasteiger partial charge in [-0.25, -0.2) is 10.4 Å². The van der Waals surface area contributed by atoms with Crippen molar-refractivity contribution in [1.82, 2.24) is 25.1 Å². The number of nitrogens with zero attached hydrogens (tertiary/aromatic N) is 4. The number of nitrogens with one attached hydrogen (secondary N) is 1. The van der Waals surface area contributed by atoms with Crippen LogP contribution in [0.1, 0.15) is 17.4 Å². The molecule has 0 amide bonds. The number of thiazole rings is 1. The van der Waals surface area contributed by atoms with E-state index in [4.69, 9.17) is 17.4 Å². The van der Waals surface area contributed by atoms with Gasteiger partial charge in [0, 0.05) is 11.9 Å². The molecule has 0 bridgehead atoms. The quantitative estimate of drug-likeness (QED) is 0.617. The minimum absolute atomic E-state index is 0.247. The van der Waals surface area contributed by atoms with E-state index in [1.165, 1.54) is 11.3 Å². The molecule has 3 N–H and O–H groups in total. The van der Waals surface area contributed by atoms with E-state index in [1.807, 2.05) is 24.2 Å². The molecule has 0 radical (unpaired) electrons. The molecule has 0 spiro atoms. The zero-order valence-electron chi connectivity index (χ0n) is 10.9. The standard InChI is InChI=1S/C11H17ClN6S/c1-17(2)3-4-18-11(8(12)5-15-18)10(16-13)9-6-19-7-14-9/h5-7,10,16H,3-4,13H2,1-2H3. The van der Waals surface area contributed by atoms with Gasteiger partial charge >= 0.3 is 0 Å². The second-order valence-electron chi connectivity index (χ2n) is 4.42. The summed E-state index contributed by atoms with van der Waals surface area (Å²) in [5, 5.41) is 6.85. The van der Waals surface area contributed by atoms with Gasteiger partial charge in [0.25, 0.3) is 0 Å². The van der Waals surface area contributed by atoms with Crippen LogP contribution in [-0.2, 0) is 6.54 Å². The average Bonchev–Trinajstić information content (AvgIpc) is 3.00. The highest BCUT2D eigenvalue weighted by molar-refractivity contribution is 7.07. The molecule has 0 saturated carbocycles. The Morgan fingerprint density at radius 2 is 2.37 bits per heavy atom. The van der Waals surface area contributed by atoms with Crippen molar-refractivity contribution in [2.75, 3.05) is 20.6 Å². The van der Waals surface area contributed by atoms with Crippen LogP contribution in [0.4, 0.5) is 0 Å². The van der Waals surface area contributed by atoms with Gasteiger partial charge in [-0.1, -0.05) is 11.6 Å². The summed E-state index contributed by atoms with van der Waals surface area (Å²) in [4.78, 5) is 6.38. The zero-order valence-corrected chi connectivity index (χ0v) is 12.4. The zero-order chi connectivity index (χ0) is 13.8. The van der Waals surface area contributed by atoms with Gasteiger partial charge in [0.2, 0.25) is 0 Å². The first-order valence-corrected chi connectivity index (χ1v) is 7.15. The molecule has 0 aliphatic carbocycles. The van der Waals surface area contributed by atoms with Crippen molar-refractivity contribution in [3.05, 3.63) is 33.5 Å². The first kappa shape index (κ1) is 14.4. The lowest BCUT2D eigenvalue weighted by atomic mass is 10.1. The number of aromatic nitrogens is 3. The summed E-state index contributed by atoms with van der Waals surface area (Å²) in [7, 11) is 4.04. The Morgan fingerprint density at radius 1 is 1.58 bits per heavy atom. The molecule has 8 heteroatoms. The Bertz CT molecular complexity index is 509. The Morgan fingerprint density at radius 3 is 2.95 bits per heavy atom. The summed E-state index contributed by atoms with van der Waals surface area (Å²) >= 11 is 7.76. The van der Waals surface area contributed by atoms with E-state index in [-0.39, 0.29) is 6.04 Å². The second-order valence-corrected chi connectivity index (χ2v) is 5.54. The monoisotopic (exact) mass is 300 g/mol. The number of rotatable bonds is 6. The molecule has 1 atom stereocenters. The normalized spacial score (nSPS) is 13.1. The predicted molar refractivity (Wildman–Crippen MR) is 77.1 cm³/mol. The lowest BCUT2D eigenvalue weighted by molar-refractivity contribution is 0.365. The molecular formula is C11H17ClN6S. The van der Waals surface area contributed by atoms with Crippen LogP contribution < -0.4 is 11.3 Å². The van der Waals surface area contributed by atoms with Crippen molar-refractivity contribution in [3.63, 3.8) is 0 Å². The Balaban J connectivity index is 2.29. The van der Waals surface area contributed by atoms with Gasteiger partial charge < -0.3 is 4.90 Å². The first-order valence-electron chi connectivity index (χ1n) is 5.83. The maximum Gasteiger partial charge on any atom is 0.107 e. The van der Waals surface area contributed by atoms with Crippen molar-refractivity contribution in [1.29, 1.82) is 0 Å². The van der Waals surface area contributed by atoms with Gasteiger partial charge in [0.1, 0.15) is 6.04 Å². The van der Waals surface area contributed by atoms with E-state index in [9.17, 15) is 0 Å². The Kier molecular flexibility index (Phi) is 4.89. The van der Waals surface area contributed by atoms with E-state index in [0.717, 1.165) is 24.5 Å². The highest BCUT2D eigenvalue weighted by Crippen LogP contribution is 2.27. The topological polar surface area (TPSA) is 72.0 Å². The average molecular weight is 301 g/mol. The first-order chi connectivity index (χ1) is 9.13. The fourth-order valence-electron chi connectivity index (χ4n) is 1.80. The number of nitrogens with two attached hydrogens (primary N) is 1. The van der Waals surface area contributed by atoms with Crippen LogP contribution >= 0.6 is 22.9 Å². The predicted octanol–water partition coefficient (Wildman–Crippen LogP) is 1.11. The van der Waals surface area contributed by atoms with E-state index < -0.39 is 0 Å². The molecule has 6 nitrogen and oxygen atoms in total. The van der Waals surface area contributed by atoms with Gasteiger partial charge in [-0.05, 0) is 14.1 Å². The van der Waals surface area contributed by atoms with Crippen LogP contribution in [0.3, 0.4) is 0 Å². The van der Waals surface area contributed by atoms with Crippen LogP contribution in [0.5, 0.6) is 0 Å². The van der Waals surface area contributed by atoms with Gasteiger partial charge in [0.15, 0.2) is 0 Å². The number of hydrogen-bond donors (Lipinski definition) is 2. The van der Waals surface area contributed by atoms with Gasteiger partial charge in [0.05, 0.1) is 34.7 Å². The molecule has 0 fully saturated rings. The number of hydrazine groups is 1. The van der Waals surface area contributed by atoms with Gasteiger partial charge in [-0.3, -0.25) is 10.5 Å².